The van der Waals surface area contributed by atoms with E-state index in [1.54, 1.807) is 0 Å². The molecule has 0 aliphatic carbocycles. The first-order valence-electron chi connectivity index (χ1n) is 10.9. The summed E-state index contributed by atoms with van der Waals surface area (Å²) >= 11 is 0. The molecule has 0 N–H and O–H groups in total. The van der Waals surface area contributed by atoms with Gasteiger partial charge in [-0.2, -0.15) is 4.98 Å². The van der Waals surface area contributed by atoms with Gasteiger partial charge in [-0.25, -0.2) is 13.8 Å². The van der Waals surface area contributed by atoms with Gasteiger partial charge in [0.15, 0.2) is 0 Å². The molecule has 0 radical (unpaired) electrons. The molecule has 0 bridgehead atoms. The zero-order valence-corrected chi connectivity index (χ0v) is 17.7. The number of halogens is 2. The van der Waals surface area contributed by atoms with Gasteiger partial charge in [-0.1, -0.05) is 6.07 Å². The van der Waals surface area contributed by atoms with Crippen LogP contribution in [0.5, 0.6) is 0 Å². The van der Waals surface area contributed by atoms with E-state index in [1.807, 2.05) is 0 Å². The number of nitrogens with zero attached hydrogens (tertiary/aromatic N) is 5. The maximum Gasteiger partial charge on any atom is 0.260 e. The van der Waals surface area contributed by atoms with Crippen molar-refractivity contribution >= 4 is 17.7 Å². The van der Waals surface area contributed by atoms with Crippen molar-refractivity contribution in [3.8, 4) is 0 Å². The molecule has 4 heterocycles. The number of hydrogen-bond donors (Lipinski definition) is 0. The topological polar surface area (TPSA) is 71.0 Å². The van der Waals surface area contributed by atoms with E-state index in [0.29, 0.717) is 58.4 Å². The quantitative estimate of drug-likeness (QED) is 0.711. The van der Waals surface area contributed by atoms with E-state index >= 15 is 0 Å². The van der Waals surface area contributed by atoms with Crippen LogP contribution in [0.2, 0.25) is 0 Å². The van der Waals surface area contributed by atoms with E-state index in [1.165, 1.54) is 11.0 Å². The lowest BCUT2D eigenvalue weighted by atomic mass is 10.0. The summed E-state index contributed by atoms with van der Waals surface area (Å²) in [6.07, 6.45) is 0.494. The first kappa shape index (κ1) is 21.0. The number of carbonyl (C=O) groups is 1. The van der Waals surface area contributed by atoms with Crippen LogP contribution in [-0.4, -0.2) is 79.9 Å². The second-order valence-electron chi connectivity index (χ2n) is 8.04. The van der Waals surface area contributed by atoms with Crippen molar-refractivity contribution in [2.24, 2.45) is 0 Å². The zero-order valence-electron chi connectivity index (χ0n) is 17.7. The summed E-state index contributed by atoms with van der Waals surface area (Å²) in [5.74, 6) is -0.933. The van der Waals surface area contributed by atoms with E-state index < -0.39 is 23.1 Å². The number of fused-ring (bicyclic) bond motifs is 1. The van der Waals surface area contributed by atoms with Gasteiger partial charge in [-0.05, 0) is 12.1 Å². The lowest BCUT2D eigenvalue weighted by Gasteiger charge is -2.36. The standard InChI is InChI=1S/C22H25F2N5O3/c23-16-2-1-3-17(24)19(16)21(30)29-5-4-18-15(14-29)20(27-6-10-31-11-7-27)26-22(25-18)28-8-12-32-13-9-28/h1-3H,4-14H2. The fourth-order valence-electron chi connectivity index (χ4n) is 4.36. The molecule has 3 aliphatic heterocycles. The minimum absolute atomic E-state index is 0.206. The third-order valence-corrected chi connectivity index (χ3v) is 6.10. The molecule has 0 spiro atoms. The number of benzene rings is 1. The maximum absolute atomic E-state index is 14.2. The highest BCUT2D eigenvalue weighted by Gasteiger charge is 2.31. The number of amides is 1. The van der Waals surface area contributed by atoms with E-state index in [4.69, 9.17) is 19.4 Å². The molecule has 2 saturated heterocycles. The average molecular weight is 445 g/mol. The number of hydrogen-bond acceptors (Lipinski definition) is 7. The van der Waals surface area contributed by atoms with Crippen LogP contribution in [0.25, 0.3) is 0 Å². The highest BCUT2D eigenvalue weighted by Crippen LogP contribution is 2.31. The summed E-state index contributed by atoms with van der Waals surface area (Å²) in [6, 6.07) is 3.46. The molecular weight excluding hydrogens is 420 g/mol. The third-order valence-electron chi connectivity index (χ3n) is 6.10. The van der Waals surface area contributed by atoms with Gasteiger partial charge in [0.25, 0.3) is 5.91 Å². The average Bonchev–Trinajstić information content (AvgIpc) is 2.84. The van der Waals surface area contributed by atoms with E-state index in [2.05, 4.69) is 9.80 Å². The Bertz CT molecular complexity index is 989. The Hall–Kier alpha value is -2.85. The van der Waals surface area contributed by atoms with E-state index in [-0.39, 0.29) is 6.54 Å². The van der Waals surface area contributed by atoms with Crippen LogP contribution < -0.4 is 9.80 Å². The predicted octanol–water partition coefficient (Wildman–Crippen LogP) is 1.63. The van der Waals surface area contributed by atoms with Crippen LogP contribution >= 0.6 is 0 Å². The molecule has 1 aromatic heterocycles. The molecule has 0 saturated carbocycles. The smallest absolute Gasteiger partial charge is 0.260 e. The van der Waals surface area contributed by atoms with Crippen molar-refractivity contribution < 1.29 is 23.0 Å². The van der Waals surface area contributed by atoms with Gasteiger partial charge in [0.1, 0.15) is 23.0 Å². The Kier molecular flexibility index (Phi) is 5.88. The first-order valence-corrected chi connectivity index (χ1v) is 10.9. The second-order valence-corrected chi connectivity index (χ2v) is 8.04. The number of anilines is 2. The van der Waals surface area contributed by atoms with Crippen LogP contribution in [-0.2, 0) is 22.4 Å². The Morgan fingerprint density at radius 2 is 1.50 bits per heavy atom. The Morgan fingerprint density at radius 3 is 2.16 bits per heavy atom. The number of aromatic nitrogens is 2. The molecule has 32 heavy (non-hydrogen) atoms. The van der Waals surface area contributed by atoms with Crippen molar-refractivity contribution in [3.63, 3.8) is 0 Å². The van der Waals surface area contributed by atoms with Crippen LogP contribution in [0.3, 0.4) is 0 Å². The first-order chi connectivity index (χ1) is 15.6. The van der Waals surface area contributed by atoms with Crippen molar-refractivity contribution in [2.45, 2.75) is 13.0 Å². The fourth-order valence-corrected chi connectivity index (χ4v) is 4.36. The number of ether oxygens (including phenoxy) is 2. The SMILES string of the molecule is O=C(c1c(F)cccc1F)N1CCc2nc(N3CCOCC3)nc(N3CCOCC3)c2C1. The van der Waals surface area contributed by atoms with Gasteiger partial charge in [0.05, 0.1) is 38.7 Å². The summed E-state index contributed by atoms with van der Waals surface area (Å²) in [5.41, 5.74) is 1.19. The number of rotatable bonds is 3. The molecule has 0 unspecified atom stereocenters. The minimum Gasteiger partial charge on any atom is -0.378 e. The van der Waals surface area contributed by atoms with Gasteiger partial charge in [0, 0.05) is 44.7 Å². The van der Waals surface area contributed by atoms with Crippen molar-refractivity contribution in [3.05, 3.63) is 46.7 Å². The molecule has 5 rings (SSSR count). The lowest BCUT2D eigenvalue weighted by molar-refractivity contribution is 0.0723. The molecule has 2 fully saturated rings. The monoisotopic (exact) mass is 445 g/mol. The van der Waals surface area contributed by atoms with Crippen molar-refractivity contribution in [1.29, 1.82) is 0 Å². The summed E-state index contributed by atoms with van der Waals surface area (Å²) in [5, 5.41) is 0. The van der Waals surface area contributed by atoms with Crippen LogP contribution in [0.1, 0.15) is 21.6 Å². The molecular formula is C22H25F2N5O3. The van der Waals surface area contributed by atoms with Gasteiger partial charge >= 0.3 is 0 Å². The van der Waals surface area contributed by atoms with Gasteiger partial charge in [0.2, 0.25) is 5.95 Å². The molecule has 10 heteroatoms. The Labute approximate surface area is 184 Å². The van der Waals surface area contributed by atoms with Gasteiger partial charge in [-0.15, -0.1) is 0 Å². The van der Waals surface area contributed by atoms with Crippen molar-refractivity contribution in [1.82, 2.24) is 14.9 Å². The molecule has 3 aliphatic rings. The third kappa shape index (κ3) is 4.00. The molecule has 1 amide bonds. The molecule has 0 atom stereocenters. The number of morpholine rings is 2. The Morgan fingerprint density at radius 1 is 0.875 bits per heavy atom. The molecule has 2 aromatic rings. The van der Waals surface area contributed by atoms with E-state index in [0.717, 1.165) is 42.3 Å². The molecule has 170 valence electrons. The Balaban J connectivity index is 1.49. The zero-order chi connectivity index (χ0) is 22.1. The van der Waals surface area contributed by atoms with Crippen LogP contribution in [0, 0.1) is 11.6 Å². The molecule has 1 aromatic carbocycles. The van der Waals surface area contributed by atoms with Crippen LogP contribution in [0.4, 0.5) is 20.5 Å². The maximum atomic E-state index is 14.2. The highest BCUT2D eigenvalue weighted by atomic mass is 19.1. The summed E-state index contributed by atoms with van der Waals surface area (Å²) in [7, 11) is 0. The van der Waals surface area contributed by atoms with E-state index in [9.17, 15) is 13.6 Å². The highest BCUT2D eigenvalue weighted by molar-refractivity contribution is 5.95. The number of carbonyl (C=O) groups excluding carboxylic acids is 1. The van der Waals surface area contributed by atoms with Crippen LogP contribution in [0.15, 0.2) is 18.2 Å². The largest absolute Gasteiger partial charge is 0.378 e. The lowest BCUT2D eigenvalue weighted by Crippen LogP contribution is -2.43. The van der Waals surface area contributed by atoms with Gasteiger partial charge < -0.3 is 24.2 Å². The normalized spacial score (nSPS) is 19.1. The molecule has 8 nitrogen and oxygen atoms in total. The predicted molar refractivity (Wildman–Crippen MR) is 113 cm³/mol. The van der Waals surface area contributed by atoms with Gasteiger partial charge in [-0.3, -0.25) is 4.79 Å². The minimum atomic E-state index is -0.854. The fraction of sp³-hybridized carbons (Fsp3) is 0.500. The summed E-state index contributed by atoms with van der Waals surface area (Å²) < 4.78 is 39.4. The summed E-state index contributed by atoms with van der Waals surface area (Å²) in [4.78, 5) is 28.4. The van der Waals surface area contributed by atoms with Crippen molar-refractivity contribution in [2.75, 3.05) is 69.0 Å². The second kappa shape index (κ2) is 8.95. The summed E-state index contributed by atoms with van der Waals surface area (Å²) in [6.45, 7) is 5.79.